The van der Waals surface area contributed by atoms with E-state index < -0.39 is 17.6 Å². The summed E-state index contributed by atoms with van der Waals surface area (Å²) in [6.45, 7) is 4.81. The van der Waals surface area contributed by atoms with Gasteiger partial charge in [0.1, 0.15) is 12.1 Å². The fraction of sp³-hybridized carbons (Fsp3) is 0.385. The number of para-hydroxylation sites is 1. The van der Waals surface area contributed by atoms with Gasteiger partial charge in [-0.2, -0.15) is 5.48 Å². The molecule has 21 heavy (non-hydrogen) atoms. The number of hydrogen-bond donors (Lipinski definition) is 2. The van der Waals surface area contributed by atoms with Crippen molar-refractivity contribution in [3.8, 4) is 5.75 Å². The van der Waals surface area contributed by atoms with E-state index in [4.69, 9.17) is 9.62 Å². The van der Waals surface area contributed by atoms with Gasteiger partial charge in [0.15, 0.2) is 5.75 Å². The average molecular weight is 298 g/mol. The SMILES string of the molecule is CC(C)(C)OC(=O)NCC(=O)NOOOc1ccccc1. The topological polar surface area (TPSA) is 95.1 Å². The van der Waals surface area contributed by atoms with Gasteiger partial charge >= 0.3 is 6.09 Å². The molecule has 8 nitrogen and oxygen atoms in total. The van der Waals surface area contributed by atoms with Crippen LogP contribution in [0.1, 0.15) is 20.8 Å². The maximum atomic E-state index is 11.3. The number of nitrogens with one attached hydrogen (secondary N) is 2. The first kappa shape index (κ1) is 16.7. The third-order valence-electron chi connectivity index (χ3n) is 1.86. The highest BCUT2D eigenvalue weighted by atomic mass is 17.5. The predicted octanol–water partition coefficient (Wildman–Crippen LogP) is 1.48. The molecule has 0 atom stereocenters. The van der Waals surface area contributed by atoms with Crippen LogP contribution in [0.15, 0.2) is 30.3 Å². The van der Waals surface area contributed by atoms with Crippen molar-refractivity contribution in [3.05, 3.63) is 30.3 Å². The van der Waals surface area contributed by atoms with Gasteiger partial charge in [-0.15, -0.1) is 0 Å². The van der Waals surface area contributed by atoms with Crippen molar-refractivity contribution in [1.29, 1.82) is 0 Å². The van der Waals surface area contributed by atoms with E-state index in [-0.39, 0.29) is 6.54 Å². The molecular formula is C13H18N2O6. The Morgan fingerprint density at radius 1 is 1.14 bits per heavy atom. The van der Waals surface area contributed by atoms with Crippen LogP contribution in [-0.4, -0.2) is 24.1 Å². The second-order valence-electron chi connectivity index (χ2n) is 4.93. The van der Waals surface area contributed by atoms with Gasteiger partial charge in [0.2, 0.25) is 0 Å². The van der Waals surface area contributed by atoms with Crippen LogP contribution in [0.3, 0.4) is 0 Å². The van der Waals surface area contributed by atoms with Crippen LogP contribution < -0.4 is 15.7 Å². The van der Waals surface area contributed by atoms with Gasteiger partial charge in [-0.3, -0.25) is 4.79 Å². The molecule has 0 bridgehead atoms. The third-order valence-corrected chi connectivity index (χ3v) is 1.86. The molecule has 0 aliphatic rings. The first-order valence-corrected chi connectivity index (χ1v) is 6.18. The fourth-order valence-corrected chi connectivity index (χ4v) is 1.10. The monoisotopic (exact) mass is 298 g/mol. The Labute approximate surface area is 122 Å². The third kappa shape index (κ3) is 8.45. The molecule has 0 heterocycles. The summed E-state index contributed by atoms with van der Waals surface area (Å²) in [5.74, 6) is -0.240. The Bertz CT molecular complexity index is 457. The Morgan fingerprint density at radius 3 is 2.43 bits per heavy atom. The smallest absolute Gasteiger partial charge is 0.408 e. The average Bonchev–Trinajstić information content (AvgIpc) is 2.41. The molecule has 0 radical (unpaired) electrons. The van der Waals surface area contributed by atoms with Crippen molar-refractivity contribution in [2.24, 2.45) is 0 Å². The molecule has 0 aromatic heterocycles. The van der Waals surface area contributed by atoms with Crippen LogP contribution in [-0.2, 0) is 19.6 Å². The van der Waals surface area contributed by atoms with E-state index in [9.17, 15) is 9.59 Å². The van der Waals surface area contributed by atoms with Gasteiger partial charge in [-0.05, 0) is 32.9 Å². The van der Waals surface area contributed by atoms with Crippen LogP contribution in [0.5, 0.6) is 5.75 Å². The molecule has 0 saturated carbocycles. The number of carbonyl (C=O) groups is 2. The molecule has 0 spiro atoms. The highest BCUT2D eigenvalue weighted by Gasteiger charge is 2.16. The Kier molecular flexibility index (Phi) is 6.44. The number of hydroxylamine groups is 1. The van der Waals surface area contributed by atoms with Gasteiger partial charge in [-0.25, -0.2) is 4.79 Å². The largest absolute Gasteiger partial charge is 0.444 e. The van der Waals surface area contributed by atoms with Crippen LogP contribution in [0.4, 0.5) is 4.79 Å². The summed E-state index contributed by atoms with van der Waals surface area (Å²) in [5, 5.41) is 6.55. The van der Waals surface area contributed by atoms with E-state index in [2.05, 4.69) is 15.3 Å². The van der Waals surface area contributed by atoms with Gasteiger partial charge in [-0.1, -0.05) is 23.2 Å². The summed E-state index contributed by atoms with van der Waals surface area (Å²) in [6.07, 6.45) is -0.709. The van der Waals surface area contributed by atoms with Gasteiger partial charge < -0.3 is 14.9 Å². The Morgan fingerprint density at radius 2 is 1.81 bits per heavy atom. The predicted molar refractivity (Wildman–Crippen MR) is 71.6 cm³/mol. The maximum Gasteiger partial charge on any atom is 0.408 e. The highest BCUT2D eigenvalue weighted by molar-refractivity contribution is 5.81. The van der Waals surface area contributed by atoms with Crippen LogP contribution in [0.2, 0.25) is 0 Å². The number of alkyl carbamates (subject to hydrolysis) is 1. The number of hydrogen-bond acceptors (Lipinski definition) is 6. The lowest BCUT2D eigenvalue weighted by molar-refractivity contribution is -0.485. The molecule has 2 amide bonds. The molecule has 0 unspecified atom stereocenters. The van der Waals surface area contributed by atoms with E-state index in [1.165, 1.54) is 0 Å². The lowest BCUT2D eigenvalue weighted by atomic mass is 10.2. The van der Waals surface area contributed by atoms with E-state index in [0.717, 1.165) is 0 Å². The van der Waals surface area contributed by atoms with Gasteiger partial charge in [0.05, 0.1) is 0 Å². The lowest BCUT2D eigenvalue weighted by Crippen LogP contribution is -2.39. The second-order valence-corrected chi connectivity index (χ2v) is 4.93. The summed E-state index contributed by atoms with van der Waals surface area (Å²) in [4.78, 5) is 31.6. The van der Waals surface area contributed by atoms with Crippen molar-refractivity contribution in [1.82, 2.24) is 10.8 Å². The van der Waals surface area contributed by atoms with E-state index >= 15 is 0 Å². The van der Waals surface area contributed by atoms with Crippen molar-refractivity contribution >= 4 is 12.0 Å². The molecule has 0 aliphatic heterocycles. The molecule has 0 saturated heterocycles. The maximum absolute atomic E-state index is 11.3. The standard InChI is InChI=1S/C13H18N2O6/c1-13(2,3)18-12(17)14-9-11(16)15-20-21-19-10-7-5-4-6-8-10/h4-8H,9H2,1-3H3,(H,14,17)(H,15,16). The van der Waals surface area contributed by atoms with E-state index in [1.54, 1.807) is 51.1 Å². The highest BCUT2D eigenvalue weighted by Crippen LogP contribution is 2.08. The zero-order chi connectivity index (χ0) is 15.7. The Hall–Kier alpha value is -2.32. The minimum atomic E-state index is -0.709. The zero-order valence-corrected chi connectivity index (χ0v) is 12.0. The van der Waals surface area contributed by atoms with Crippen LogP contribution in [0.25, 0.3) is 0 Å². The molecule has 1 aromatic carbocycles. The second kappa shape index (κ2) is 8.08. The van der Waals surface area contributed by atoms with Crippen molar-refractivity contribution in [3.63, 3.8) is 0 Å². The summed E-state index contributed by atoms with van der Waals surface area (Å²) in [6, 6.07) is 8.55. The first-order chi connectivity index (χ1) is 9.87. The quantitative estimate of drug-likeness (QED) is 0.469. The van der Waals surface area contributed by atoms with Crippen molar-refractivity contribution < 1.29 is 29.2 Å². The van der Waals surface area contributed by atoms with Gasteiger partial charge in [0.25, 0.3) is 5.91 Å². The lowest BCUT2D eigenvalue weighted by Gasteiger charge is -2.19. The number of carbonyl (C=O) groups excluding carboxylic acids is 2. The zero-order valence-electron chi connectivity index (χ0n) is 12.0. The van der Waals surface area contributed by atoms with Crippen molar-refractivity contribution in [2.45, 2.75) is 26.4 Å². The minimum Gasteiger partial charge on any atom is -0.444 e. The number of amides is 2. The molecule has 8 heteroatoms. The van der Waals surface area contributed by atoms with E-state index in [0.29, 0.717) is 5.75 Å². The van der Waals surface area contributed by atoms with Crippen LogP contribution >= 0.6 is 0 Å². The normalized spacial score (nSPS) is 10.6. The van der Waals surface area contributed by atoms with Crippen molar-refractivity contribution in [2.75, 3.05) is 6.54 Å². The fourth-order valence-electron chi connectivity index (χ4n) is 1.10. The molecule has 2 N–H and O–H groups in total. The molecule has 0 fully saturated rings. The molecule has 0 aliphatic carbocycles. The minimum absolute atomic E-state index is 0.330. The molecule has 1 rings (SSSR count). The number of benzene rings is 1. The summed E-state index contributed by atoms with van der Waals surface area (Å²) < 4.78 is 4.94. The van der Waals surface area contributed by atoms with Gasteiger partial charge in [0, 0.05) is 5.04 Å². The molecule has 116 valence electrons. The molecule has 1 aromatic rings. The summed E-state index contributed by atoms with van der Waals surface area (Å²) in [5.41, 5.74) is 1.28. The summed E-state index contributed by atoms with van der Waals surface area (Å²) >= 11 is 0. The van der Waals surface area contributed by atoms with E-state index in [1.807, 2.05) is 5.48 Å². The number of ether oxygens (including phenoxy) is 1. The van der Waals surface area contributed by atoms with Crippen LogP contribution in [0, 0.1) is 0 Å². The number of rotatable bonds is 6. The molecular weight excluding hydrogens is 280 g/mol. The first-order valence-electron chi connectivity index (χ1n) is 6.18. The summed E-state index contributed by atoms with van der Waals surface area (Å²) in [7, 11) is 0. The Balaban J connectivity index is 2.10.